The first-order valence-corrected chi connectivity index (χ1v) is 6.08. The van der Waals surface area contributed by atoms with Crippen molar-refractivity contribution in [2.45, 2.75) is 12.8 Å². The van der Waals surface area contributed by atoms with Gasteiger partial charge in [-0.25, -0.2) is 4.98 Å². The molecule has 0 amide bonds. The molecule has 0 aliphatic heterocycles. The van der Waals surface area contributed by atoms with Crippen molar-refractivity contribution in [1.82, 2.24) is 4.98 Å². The molecule has 0 radical (unpaired) electrons. The summed E-state index contributed by atoms with van der Waals surface area (Å²) in [6.07, 6.45) is 2.35. The van der Waals surface area contributed by atoms with Crippen molar-refractivity contribution >= 4 is 32.3 Å². The van der Waals surface area contributed by atoms with Crippen LogP contribution in [-0.2, 0) is 12.8 Å². The molecule has 15 heavy (non-hydrogen) atoms. The molecule has 1 aliphatic rings. The Morgan fingerprint density at radius 1 is 1.20 bits per heavy atom. The van der Waals surface area contributed by atoms with E-state index in [4.69, 9.17) is 0 Å². The first kappa shape index (κ1) is 7.83. The minimum atomic E-state index is 1.16. The van der Waals surface area contributed by atoms with Gasteiger partial charge in [0.2, 0.25) is 0 Å². The molecule has 4 rings (SSSR count). The highest BCUT2D eigenvalue weighted by molar-refractivity contribution is 7.16. The molecule has 1 aliphatic carbocycles. The SMILES string of the molecule is c1cc2c3c(c4ncsc4cc3c1)CC2. The van der Waals surface area contributed by atoms with Gasteiger partial charge in [-0.15, -0.1) is 11.3 Å². The molecule has 0 N–H and O–H groups in total. The minimum absolute atomic E-state index is 1.16. The second-order valence-electron chi connectivity index (χ2n) is 4.07. The van der Waals surface area contributed by atoms with Crippen molar-refractivity contribution in [2.75, 3.05) is 0 Å². The summed E-state index contributed by atoms with van der Waals surface area (Å²) in [6, 6.07) is 8.91. The quantitative estimate of drug-likeness (QED) is 0.554. The second-order valence-corrected chi connectivity index (χ2v) is 4.96. The summed E-state index contributed by atoms with van der Waals surface area (Å²) in [7, 11) is 0. The molecule has 72 valence electrons. The van der Waals surface area contributed by atoms with Crippen LogP contribution in [0.5, 0.6) is 0 Å². The van der Waals surface area contributed by atoms with Gasteiger partial charge in [0, 0.05) is 0 Å². The van der Waals surface area contributed by atoms with Crippen molar-refractivity contribution in [3.05, 3.63) is 40.9 Å². The monoisotopic (exact) mass is 211 g/mol. The zero-order chi connectivity index (χ0) is 9.83. The number of thiazole rings is 1. The molecule has 2 heteroatoms. The number of benzene rings is 2. The van der Waals surface area contributed by atoms with Crippen LogP contribution in [0, 0.1) is 0 Å². The Bertz CT molecular complexity index is 681. The Hall–Kier alpha value is -1.41. The van der Waals surface area contributed by atoms with Gasteiger partial charge in [-0.05, 0) is 40.8 Å². The van der Waals surface area contributed by atoms with E-state index in [1.807, 2.05) is 5.51 Å². The fourth-order valence-electron chi connectivity index (χ4n) is 2.66. The van der Waals surface area contributed by atoms with Crippen LogP contribution < -0.4 is 0 Å². The van der Waals surface area contributed by atoms with Crippen LogP contribution in [-0.4, -0.2) is 4.98 Å². The smallest absolute Gasteiger partial charge is 0.0850 e. The normalized spacial score (nSPS) is 14.1. The number of aromatic nitrogens is 1. The maximum Gasteiger partial charge on any atom is 0.0850 e. The van der Waals surface area contributed by atoms with Crippen molar-refractivity contribution in [2.24, 2.45) is 0 Å². The van der Waals surface area contributed by atoms with Gasteiger partial charge < -0.3 is 0 Å². The molecule has 0 saturated carbocycles. The fraction of sp³-hybridized carbons (Fsp3) is 0.154. The standard InChI is InChI=1S/C13H9NS/c1-2-8-4-5-10-12(8)9(3-1)6-11-13(10)14-7-15-11/h1-3,6-7H,4-5H2. The van der Waals surface area contributed by atoms with Crippen LogP contribution in [0.3, 0.4) is 0 Å². The van der Waals surface area contributed by atoms with Gasteiger partial charge in [0.1, 0.15) is 0 Å². The molecule has 1 aromatic heterocycles. The van der Waals surface area contributed by atoms with E-state index in [0.717, 1.165) is 6.42 Å². The second kappa shape index (κ2) is 2.58. The van der Waals surface area contributed by atoms with E-state index >= 15 is 0 Å². The van der Waals surface area contributed by atoms with E-state index in [9.17, 15) is 0 Å². The highest BCUT2D eigenvalue weighted by Crippen LogP contribution is 2.36. The van der Waals surface area contributed by atoms with Gasteiger partial charge in [0.25, 0.3) is 0 Å². The zero-order valence-corrected chi connectivity index (χ0v) is 8.97. The molecule has 0 atom stereocenters. The molecule has 0 saturated heterocycles. The van der Waals surface area contributed by atoms with Crippen molar-refractivity contribution in [3.63, 3.8) is 0 Å². The molecule has 3 aromatic rings. The number of rotatable bonds is 0. The van der Waals surface area contributed by atoms with Gasteiger partial charge in [-0.1, -0.05) is 18.2 Å². The predicted molar refractivity (Wildman–Crippen MR) is 64.5 cm³/mol. The summed E-state index contributed by atoms with van der Waals surface area (Å²) >= 11 is 1.74. The molecule has 0 fully saturated rings. The molecule has 2 aromatic carbocycles. The van der Waals surface area contributed by atoms with Crippen molar-refractivity contribution in [1.29, 1.82) is 0 Å². The number of hydrogen-bond acceptors (Lipinski definition) is 2. The summed E-state index contributed by atoms with van der Waals surface area (Å²) in [5, 5.41) is 2.85. The average Bonchev–Trinajstić information content (AvgIpc) is 2.85. The van der Waals surface area contributed by atoms with E-state index in [0.29, 0.717) is 0 Å². The van der Waals surface area contributed by atoms with E-state index in [2.05, 4.69) is 29.2 Å². The largest absolute Gasteiger partial charge is 0.244 e. The molecule has 0 spiro atoms. The summed E-state index contributed by atoms with van der Waals surface area (Å²) in [5.41, 5.74) is 6.16. The van der Waals surface area contributed by atoms with Crippen LogP contribution in [0.2, 0.25) is 0 Å². The number of fused-ring (bicyclic) bond motifs is 2. The zero-order valence-electron chi connectivity index (χ0n) is 8.16. The third-order valence-electron chi connectivity index (χ3n) is 3.30. The van der Waals surface area contributed by atoms with E-state index in [-0.39, 0.29) is 0 Å². The number of aryl methyl sites for hydroxylation is 2. The first-order chi connectivity index (χ1) is 7.43. The molecule has 0 bridgehead atoms. The highest BCUT2D eigenvalue weighted by atomic mass is 32.1. The van der Waals surface area contributed by atoms with Gasteiger partial charge >= 0.3 is 0 Å². The first-order valence-electron chi connectivity index (χ1n) is 5.20. The maximum absolute atomic E-state index is 4.49. The van der Waals surface area contributed by atoms with Crippen LogP contribution in [0.25, 0.3) is 21.0 Å². The summed E-state index contributed by atoms with van der Waals surface area (Å²) in [4.78, 5) is 4.49. The Labute approximate surface area is 91.4 Å². The fourth-order valence-corrected chi connectivity index (χ4v) is 3.42. The summed E-state index contributed by atoms with van der Waals surface area (Å²) in [6.45, 7) is 0. The topological polar surface area (TPSA) is 12.9 Å². The lowest BCUT2D eigenvalue weighted by atomic mass is 10.0. The van der Waals surface area contributed by atoms with Gasteiger partial charge in [0.05, 0.1) is 15.7 Å². The highest BCUT2D eigenvalue weighted by Gasteiger charge is 2.17. The molecule has 1 nitrogen and oxygen atoms in total. The maximum atomic E-state index is 4.49. The minimum Gasteiger partial charge on any atom is -0.244 e. The van der Waals surface area contributed by atoms with E-state index in [1.165, 1.54) is 38.5 Å². The lowest BCUT2D eigenvalue weighted by Gasteiger charge is -2.01. The van der Waals surface area contributed by atoms with Crippen LogP contribution in [0.15, 0.2) is 29.8 Å². The number of nitrogens with zero attached hydrogens (tertiary/aromatic N) is 1. The number of hydrogen-bond donors (Lipinski definition) is 0. The van der Waals surface area contributed by atoms with Crippen molar-refractivity contribution in [3.8, 4) is 0 Å². The third-order valence-corrected chi connectivity index (χ3v) is 4.07. The Morgan fingerprint density at radius 2 is 2.20 bits per heavy atom. The lowest BCUT2D eigenvalue weighted by Crippen LogP contribution is -1.81. The van der Waals surface area contributed by atoms with Gasteiger partial charge in [-0.2, -0.15) is 0 Å². The lowest BCUT2D eigenvalue weighted by molar-refractivity contribution is 1.03. The Kier molecular flexibility index (Phi) is 1.35. The molecule has 1 heterocycles. The van der Waals surface area contributed by atoms with Gasteiger partial charge in [0.15, 0.2) is 0 Å². The molecular formula is C13H9NS. The summed E-state index contributed by atoms with van der Waals surface area (Å²) < 4.78 is 1.33. The van der Waals surface area contributed by atoms with E-state index in [1.54, 1.807) is 11.3 Å². The van der Waals surface area contributed by atoms with Gasteiger partial charge in [-0.3, -0.25) is 0 Å². The molecular weight excluding hydrogens is 202 g/mol. The summed E-state index contributed by atoms with van der Waals surface area (Å²) in [5.74, 6) is 0. The van der Waals surface area contributed by atoms with E-state index < -0.39 is 0 Å². The Balaban J connectivity index is 2.37. The van der Waals surface area contributed by atoms with Crippen molar-refractivity contribution < 1.29 is 0 Å². The van der Waals surface area contributed by atoms with Crippen LogP contribution >= 0.6 is 11.3 Å². The molecule has 0 unspecified atom stereocenters. The van der Waals surface area contributed by atoms with Crippen LogP contribution in [0.1, 0.15) is 11.1 Å². The average molecular weight is 211 g/mol. The third kappa shape index (κ3) is 0.901. The predicted octanol–water partition coefficient (Wildman–Crippen LogP) is 3.55. The Morgan fingerprint density at radius 3 is 3.20 bits per heavy atom. The van der Waals surface area contributed by atoms with Crippen LogP contribution in [0.4, 0.5) is 0 Å².